The number of rotatable bonds is 4. The van der Waals surface area contributed by atoms with Gasteiger partial charge in [0.2, 0.25) is 0 Å². The Bertz CT molecular complexity index is 1030. The second-order valence-corrected chi connectivity index (χ2v) is 12.9. The van der Waals surface area contributed by atoms with Crippen LogP contribution in [0.2, 0.25) is 0 Å². The molecule has 1 N–H and O–H groups in total. The van der Waals surface area contributed by atoms with Crippen LogP contribution in [0.25, 0.3) is 0 Å². The molecule has 2 unspecified atom stereocenters. The Balaban J connectivity index is 1.21. The lowest BCUT2D eigenvalue weighted by molar-refractivity contribution is -0.132. The topological polar surface area (TPSA) is 52.9 Å². The molecule has 0 bridgehead atoms. The number of halogens is 1. The molecule has 1 aromatic rings. The van der Waals surface area contributed by atoms with Gasteiger partial charge in [-0.2, -0.15) is 5.26 Å². The van der Waals surface area contributed by atoms with Crippen LogP contribution in [0.4, 0.5) is 10.1 Å². The van der Waals surface area contributed by atoms with Gasteiger partial charge in [0.05, 0.1) is 17.8 Å². The van der Waals surface area contributed by atoms with Crippen molar-refractivity contribution < 1.29 is 9.18 Å². The van der Waals surface area contributed by atoms with Crippen molar-refractivity contribution >= 4 is 11.5 Å². The van der Waals surface area contributed by atoms with Gasteiger partial charge in [0.15, 0.2) is 5.78 Å². The number of nitrogens with zero attached hydrogens (tertiary/aromatic N) is 1. The molecule has 5 fully saturated rings. The number of fused-ring (bicyclic) bond motifs is 7. The van der Waals surface area contributed by atoms with E-state index in [1.165, 1.54) is 57.1 Å². The molecule has 34 heavy (non-hydrogen) atoms. The van der Waals surface area contributed by atoms with Crippen molar-refractivity contribution in [2.24, 2.45) is 64.6 Å². The second-order valence-electron chi connectivity index (χ2n) is 12.9. The Morgan fingerprint density at radius 3 is 2.71 bits per heavy atom. The number of benzene rings is 1. The first-order valence-corrected chi connectivity index (χ1v) is 13.8. The Kier molecular flexibility index (Phi) is 5.36. The predicted molar refractivity (Wildman–Crippen MR) is 131 cm³/mol. The molecule has 0 radical (unpaired) electrons. The highest BCUT2D eigenvalue weighted by Gasteiger charge is 2.73. The third-order valence-corrected chi connectivity index (χ3v) is 11.4. The summed E-state index contributed by atoms with van der Waals surface area (Å²) in [7, 11) is 0. The number of anilines is 1. The molecule has 0 heterocycles. The van der Waals surface area contributed by atoms with Gasteiger partial charge in [-0.15, -0.1) is 0 Å². The Morgan fingerprint density at radius 2 is 1.91 bits per heavy atom. The van der Waals surface area contributed by atoms with Gasteiger partial charge in [-0.25, -0.2) is 4.39 Å². The van der Waals surface area contributed by atoms with Gasteiger partial charge in [0, 0.05) is 5.92 Å². The van der Waals surface area contributed by atoms with Crippen LogP contribution >= 0.6 is 0 Å². The number of carbonyl (C=O) groups excluding carboxylic acids is 1. The van der Waals surface area contributed by atoms with Gasteiger partial charge >= 0.3 is 0 Å². The van der Waals surface area contributed by atoms with Crippen LogP contribution in [0.15, 0.2) is 18.2 Å². The summed E-state index contributed by atoms with van der Waals surface area (Å²) in [5, 5.41) is 12.6. The van der Waals surface area contributed by atoms with Crippen molar-refractivity contribution in [2.45, 2.75) is 65.7 Å². The second kappa shape index (κ2) is 8.07. The van der Waals surface area contributed by atoms with Crippen molar-refractivity contribution in [2.75, 3.05) is 11.9 Å². The third-order valence-electron chi connectivity index (χ3n) is 11.4. The fourth-order valence-corrected chi connectivity index (χ4v) is 10.1. The molecular weight excluding hydrogens is 423 g/mol. The van der Waals surface area contributed by atoms with E-state index in [2.05, 4.69) is 26.1 Å². The van der Waals surface area contributed by atoms with Crippen molar-refractivity contribution in [3.05, 3.63) is 29.6 Å². The highest BCUT2D eigenvalue weighted by molar-refractivity contribution is 5.87. The van der Waals surface area contributed by atoms with Crippen LogP contribution in [-0.4, -0.2) is 12.3 Å². The summed E-state index contributed by atoms with van der Waals surface area (Å²) in [5.74, 6) is 7.15. The van der Waals surface area contributed by atoms with Crippen molar-refractivity contribution in [3.63, 3.8) is 0 Å². The standard InChI is InChI=1S/C30H39FN2O/c1-16-4-7-21-18(12-16)5-8-23-22(21)10-11-30(3)28(23)26-17(2)27(26)29(30)25(34)15-33-24-9-6-20(31)13-19(24)14-32/h6,9,13,16-18,21-23,26-29,33H,4-5,7-8,10-12,15H2,1-3H3/t16-,17-,18+,21-,22?,23+,26+,27-,28?,29-,30-/m0/s1. The van der Waals surface area contributed by atoms with Gasteiger partial charge < -0.3 is 5.32 Å². The number of hydrogen-bond donors (Lipinski definition) is 1. The maximum atomic E-state index is 13.7. The smallest absolute Gasteiger partial charge is 0.155 e. The SMILES string of the molecule is C[C@H]1CC[C@@H]2C3CC[C@@]4(C)C([C@@H]3CC[C@@H]2C1)[C@@H]1[C@H](C)[C@@H]1[C@@H]4C(=O)CNc1ccc(F)cc1C#N. The van der Waals surface area contributed by atoms with E-state index in [0.717, 1.165) is 35.5 Å². The summed E-state index contributed by atoms with van der Waals surface area (Å²) < 4.78 is 13.5. The van der Waals surface area contributed by atoms with E-state index in [1.807, 2.05) is 6.07 Å². The molecule has 0 spiro atoms. The zero-order valence-corrected chi connectivity index (χ0v) is 20.9. The molecule has 3 nitrogen and oxygen atoms in total. The summed E-state index contributed by atoms with van der Waals surface area (Å²) in [6.45, 7) is 7.51. The van der Waals surface area contributed by atoms with E-state index in [-0.39, 0.29) is 23.4 Å². The summed E-state index contributed by atoms with van der Waals surface area (Å²) in [5.41, 5.74) is 0.947. The number of nitriles is 1. The molecular formula is C30H39FN2O. The van der Waals surface area contributed by atoms with Crippen molar-refractivity contribution in [1.82, 2.24) is 0 Å². The van der Waals surface area contributed by atoms with Crippen LogP contribution in [0.1, 0.15) is 71.3 Å². The van der Waals surface area contributed by atoms with Gasteiger partial charge in [-0.05, 0) is 115 Å². The summed E-state index contributed by atoms with van der Waals surface area (Å²) in [6, 6.07) is 6.22. The summed E-state index contributed by atoms with van der Waals surface area (Å²) in [6.07, 6.45) is 9.60. The fourth-order valence-electron chi connectivity index (χ4n) is 10.1. The molecule has 182 valence electrons. The number of carbonyl (C=O) groups is 1. The van der Waals surface area contributed by atoms with Crippen LogP contribution < -0.4 is 5.32 Å². The first-order chi connectivity index (χ1) is 16.3. The fraction of sp³-hybridized carbons (Fsp3) is 0.733. The normalized spacial score (nSPS) is 46.3. The van der Waals surface area contributed by atoms with Crippen LogP contribution in [0.5, 0.6) is 0 Å². The van der Waals surface area contributed by atoms with E-state index >= 15 is 0 Å². The molecule has 0 saturated heterocycles. The number of hydrogen-bond acceptors (Lipinski definition) is 3. The van der Waals surface area contributed by atoms with E-state index in [4.69, 9.17) is 0 Å². The van der Waals surface area contributed by atoms with E-state index in [9.17, 15) is 14.4 Å². The monoisotopic (exact) mass is 462 g/mol. The molecule has 5 aliphatic rings. The number of nitrogens with one attached hydrogen (secondary N) is 1. The van der Waals surface area contributed by atoms with Crippen LogP contribution in [0, 0.1) is 81.7 Å². The largest absolute Gasteiger partial charge is 0.377 e. The van der Waals surface area contributed by atoms with Crippen LogP contribution in [0.3, 0.4) is 0 Å². The average molecular weight is 463 g/mol. The molecule has 0 aliphatic heterocycles. The molecule has 0 aromatic heterocycles. The predicted octanol–water partition coefficient (Wildman–Crippen LogP) is 6.69. The molecule has 5 saturated carbocycles. The first kappa shape index (κ1) is 22.6. The maximum absolute atomic E-state index is 13.7. The zero-order chi connectivity index (χ0) is 23.8. The molecule has 4 heteroatoms. The average Bonchev–Trinajstić information content (AvgIpc) is 3.34. The molecule has 5 aliphatic carbocycles. The minimum atomic E-state index is -0.423. The number of ketones is 1. The lowest BCUT2D eigenvalue weighted by Crippen LogP contribution is -2.51. The maximum Gasteiger partial charge on any atom is 0.155 e. The third kappa shape index (κ3) is 3.29. The summed E-state index contributed by atoms with van der Waals surface area (Å²) >= 11 is 0. The Hall–Kier alpha value is -1.89. The molecule has 1 aromatic carbocycles. The van der Waals surface area contributed by atoms with Crippen molar-refractivity contribution in [1.29, 1.82) is 5.26 Å². The minimum Gasteiger partial charge on any atom is -0.377 e. The molecule has 11 atom stereocenters. The Morgan fingerprint density at radius 1 is 1.12 bits per heavy atom. The molecule has 6 rings (SSSR count). The zero-order valence-electron chi connectivity index (χ0n) is 20.9. The highest BCUT2D eigenvalue weighted by Crippen LogP contribution is 2.76. The highest BCUT2D eigenvalue weighted by atomic mass is 19.1. The van der Waals surface area contributed by atoms with Gasteiger partial charge in [-0.3, -0.25) is 4.79 Å². The van der Waals surface area contributed by atoms with Gasteiger partial charge in [0.1, 0.15) is 11.9 Å². The van der Waals surface area contributed by atoms with E-state index in [0.29, 0.717) is 29.2 Å². The van der Waals surface area contributed by atoms with Gasteiger partial charge in [-0.1, -0.05) is 27.2 Å². The van der Waals surface area contributed by atoms with E-state index in [1.54, 1.807) is 6.07 Å². The summed E-state index contributed by atoms with van der Waals surface area (Å²) in [4.78, 5) is 13.7. The Labute approximate surface area is 203 Å². The lowest BCUT2D eigenvalue weighted by atomic mass is 9.47. The number of Topliss-reactive ketones (excluding diaryl/α,β-unsaturated/α-hetero) is 1. The quantitative estimate of drug-likeness (QED) is 0.543. The lowest BCUT2D eigenvalue weighted by Gasteiger charge is -2.57. The van der Waals surface area contributed by atoms with Crippen LogP contribution in [-0.2, 0) is 4.79 Å². The minimum absolute atomic E-state index is 0.122. The molecule has 0 amide bonds. The van der Waals surface area contributed by atoms with Gasteiger partial charge in [0.25, 0.3) is 0 Å². The van der Waals surface area contributed by atoms with Crippen molar-refractivity contribution in [3.8, 4) is 6.07 Å². The first-order valence-electron chi connectivity index (χ1n) is 13.8. The van der Waals surface area contributed by atoms with E-state index < -0.39 is 5.82 Å².